The fourth-order valence-electron chi connectivity index (χ4n) is 2.89. The number of nitro benzene ring substituents is 1. The molecule has 2 unspecified atom stereocenters. The summed E-state index contributed by atoms with van der Waals surface area (Å²) in [5, 5.41) is 14.5. The van der Waals surface area contributed by atoms with Crippen molar-refractivity contribution in [2.24, 2.45) is 0 Å². The second kappa shape index (κ2) is 7.73. The van der Waals surface area contributed by atoms with E-state index in [1.54, 1.807) is 0 Å². The van der Waals surface area contributed by atoms with E-state index < -0.39 is 25.5 Å². The zero-order valence-corrected chi connectivity index (χ0v) is 15.2. The number of hydrogen-bond donors (Lipinski definition) is 2. The van der Waals surface area contributed by atoms with Gasteiger partial charge in [-0.25, -0.2) is 13.1 Å². The third kappa shape index (κ3) is 4.14. The SMILES string of the molecule is CC1NCCCC1NS(=O)(=O)c1cc2c(cc1[N+](=O)[O-])OCCO2.Cl. The molecule has 0 amide bonds. The number of nitrogens with zero attached hydrogens (tertiary/aromatic N) is 1. The van der Waals surface area contributed by atoms with Gasteiger partial charge in [-0.15, -0.1) is 12.4 Å². The van der Waals surface area contributed by atoms with Gasteiger partial charge in [-0.05, 0) is 26.3 Å². The van der Waals surface area contributed by atoms with Gasteiger partial charge in [0.2, 0.25) is 10.0 Å². The van der Waals surface area contributed by atoms with Crippen LogP contribution in [0.5, 0.6) is 11.5 Å². The minimum atomic E-state index is -4.07. The average Bonchev–Trinajstić information content (AvgIpc) is 2.55. The average molecular weight is 394 g/mol. The molecule has 11 heteroatoms. The molecule has 2 aliphatic heterocycles. The summed E-state index contributed by atoms with van der Waals surface area (Å²) in [6.45, 7) is 3.23. The minimum absolute atomic E-state index is 0. The first kappa shape index (κ1) is 19.7. The molecule has 0 saturated carbocycles. The van der Waals surface area contributed by atoms with Crippen LogP contribution in [-0.4, -0.2) is 45.2 Å². The number of nitro groups is 1. The molecule has 1 aromatic rings. The lowest BCUT2D eigenvalue weighted by atomic mass is 10.0. The number of piperidine rings is 1. The molecule has 0 aliphatic carbocycles. The van der Waals surface area contributed by atoms with Gasteiger partial charge >= 0.3 is 0 Å². The van der Waals surface area contributed by atoms with Crippen LogP contribution >= 0.6 is 12.4 Å². The van der Waals surface area contributed by atoms with Crippen LogP contribution in [0.2, 0.25) is 0 Å². The molecule has 0 spiro atoms. The highest BCUT2D eigenvalue weighted by atomic mass is 35.5. The van der Waals surface area contributed by atoms with E-state index in [2.05, 4.69) is 10.0 Å². The Kier molecular flexibility index (Phi) is 6.09. The molecule has 1 fully saturated rings. The van der Waals surface area contributed by atoms with Gasteiger partial charge in [0.25, 0.3) is 5.69 Å². The summed E-state index contributed by atoms with van der Waals surface area (Å²) in [5.74, 6) is 0.377. The van der Waals surface area contributed by atoms with E-state index in [0.29, 0.717) is 6.42 Å². The maximum absolute atomic E-state index is 12.7. The van der Waals surface area contributed by atoms with E-state index >= 15 is 0 Å². The fraction of sp³-hybridized carbons (Fsp3) is 0.571. The zero-order chi connectivity index (χ0) is 17.3. The van der Waals surface area contributed by atoms with Gasteiger partial charge < -0.3 is 14.8 Å². The fourth-order valence-corrected chi connectivity index (χ4v) is 4.40. The molecular formula is C14H20ClN3O6S. The van der Waals surface area contributed by atoms with Crippen molar-refractivity contribution in [1.29, 1.82) is 0 Å². The Morgan fingerprint density at radius 1 is 1.28 bits per heavy atom. The van der Waals surface area contributed by atoms with E-state index in [9.17, 15) is 18.5 Å². The molecule has 2 heterocycles. The van der Waals surface area contributed by atoms with Gasteiger partial charge in [0.1, 0.15) is 13.2 Å². The molecule has 2 atom stereocenters. The number of benzene rings is 1. The van der Waals surface area contributed by atoms with Crippen molar-refractivity contribution in [1.82, 2.24) is 10.0 Å². The second-order valence-corrected chi connectivity index (χ2v) is 7.52. The van der Waals surface area contributed by atoms with Crippen LogP contribution in [0, 0.1) is 10.1 Å². The molecule has 0 bridgehead atoms. The zero-order valence-electron chi connectivity index (χ0n) is 13.6. The van der Waals surface area contributed by atoms with Crippen molar-refractivity contribution < 1.29 is 22.8 Å². The quantitative estimate of drug-likeness (QED) is 0.582. The van der Waals surface area contributed by atoms with Crippen LogP contribution in [0.1, 0.15) is 19.8 Å². The highest BCUT2D eigenvalue weighted by molar-refractivity contribution is 7.89. The van der Waals surface area contributed by atoms with Crippen LogP contribution in [0.4, 0.5) is 5.69 Å². The number of nitrogens with one attached hydrogen (secondary N) is 2. The second-order valence-electron chi connectivity index (χ2n) is 5.83. The summed E-state index contributed by atoms with van der Waals surface area (Å²) >= 11 is 0. The maximum Gasteiger partial charge on any atom is 0.293 e. The van der Waals surface area contributed by atoms with Crippen LogP contribution in [-0.2, 0) is 10.0 Å². The Bertz CT molecular complexity index is 757. The molecule has 0 aromatic heterocycles. The van der Waals surface area contributed by atoms with Crippen molar-refractivity contribution in [2.75, 3.05) is 19.8 Å². The first-order valence-corrected chi connectivity index (χ1v) is 9.20. The predicted molar refractivity (Wildman–Crippen MR) is 92.1 cm³/mol. The summed E-state index contributed by atoms with van der Waals surface area (Å²) in [6, 6.07) is 1.89. The Labute approximate surface area is 151 Å². The van der Waals surface area contributed by atoms with Crippen molar-refractivity contribution in [3.8, 4) is 11.5 Å². The van der Waals surface area contributed by atoms with E-state index in [4.69, 9.17) is 9.47 Å². The van der Waals surface area contributed by atoms with Crippen molar-refractivity contribution >= 4 is 28.1 Å². The molecule has 0 radical (unpaired) electrons. The summed E-state index contributed by atoms with van der Waals surface area (Å²) in [5.41, 5.74) is -0.525. The molecule has 9 nitrogen and oxygen atoms in total. The largest absolute Gasteiger partial charge is 0.486 e. The first-order valence-electron chi connectivity index (χ1n) is 7.72. The molecule has 25 heavy (non-hydrogen) atoms. The first-order chi connectivity index (χ1) is 11.4. The van der Waals surface area contributed by atoms with Crippen LogP contribution < -0.4 is 19.5 Å². The normalized spacial score (nSPS) is 22.8. The maximum atomic E-state index is 12.7. The van der Waals surface area contributed by atoms with Gasteiger partial charge in [-0.3, -0.25) is 10.1 Å². The molecular weight excluding hydrogens is 374 g/mol. The minimum Gasteiger partial charge on any atom is -0.486 e. The van der Waals surface area contributed by atoms with Gasteiger partial charge in [-0.2, -0.15) is 0 Å². The third-order valence-corrected chi connectivity index (χ3v) is 5.70. The number of ether oxygens (including phenoxy) is 2. The van der Waals surface area contributed by atoms with E-state index in [1.165, 1.54) is 0 Å². The van der Waals surface area contributed by atoms with Crippen LogP contribution in [0.25, 0.3) is 0 Å². The summed E-state index contributed by atoms with van der Waals surface area (Å²) in [4.78, 5) is 10.2. The molecule has 1 aromatic carbocycles. The number of fused-ring (bicyclic) bond motifs is 1. The highest BCUT2D eigenvalue weighted by Gasteiger charge is 2.33. The van der Waals surface area contributed by atoms with Crippen molar-refractivity contribution in [3.63, 3.8) is 0 Å². The number of sulfonamides is 1. The molecule has 2 N–H and O–H groups in total. The Hall–Kier alpha value is -1.62. The lowest BCUT2D eigenvalue weighted by Gasteiger charge is -2.30. The van der Waals surface area contributed by atoms with Gasteiger partial charge in [0.15, 0.2) is 16.4 Å². The van der Waals surface area contributed by atoms with Crippen molar-refractivity contribution in [2.45, 2.75) is 36.7 Å². The summed E-state index contributed by atoms with van der Waals surface area (Å²) < 4.78 is 38.7. The van der Waals surface area contributed by atoms with Gasteiger partial charge in [0, 0.05) is 18.2 Å². The summed E-state index contributed by atoms with van der Waals surface area (Å²) in [7, 11) is -4.07. The predicted octanol–water partition coefficient (Wildman–Crippen LogP) is 1.21. The van der Waals surface area contributed by atoms with Gasteiger partial charge in [0.05, 0.1) is 11.0 Å². The topological polar surface area (TPSA) is 120 Å². The number of hydrogen-bond acceptors (Lipinski definition) is 7. The Morgan fingerprint density at radius 2 is 1.92 bits per heavy atom. The smallest absolute Gasteiger partial charge is 0.293 e. The highest BCUT2D eigenvalue weighted by Crippen LogP contribution is 2.38. The van der Waals surface area contributed by atoms with Crippen LogP contribution in [0.15, 0.2) is 17.0 Å². The third-order valence-electron chi connectivity index (χ3n) is 4.18. The Balaban J connectivity index is 0.00000225. The number of halogens is 1. The molecule has 140 valence electrons. The standard InChI is InChI=1S/C14H19N3O6S.ClH/c1-9-10(3-2-4-15-9)16-24(20,21)14-8-13-12(22-5-6-23-13)7-11(14)17(18)19;/h7-10,15-16H,2-6H2,1H3;1H. The van der Waals surface area contributed by atoms with E-state index in [-0.39, 0.29) is 49.2 Å². The van der Waals surface area contributed by atoms with E-state index in [0.717, 1.165) is 25.1 Å². The molecule has 2 aliphatic rings. The van der Waals surface area contributed by atoms with Crippen molar-refractivity contribution in [3.05, 3.63) is 22.2 Å². The lowest BCUT2D eigenvalue weighted by molar-refractivity contribution is -0.388. The monoisotopic (exact) mass is 393 g/mol. The van der Waals surface area contributed by atoms with Crippen LogP contribution in [0.3, 0.4) is 0 Å². The lowest BCUT2D eigenvalue weighted by Crippen LogP contribution is -2.51. The van der Waals surface area contributed by atoms with E-state index in [1.807, 2.05) is 6.92 Å². The van der Waals surface area contributed by atoms with Gasteiger partial charge in [-0.1, -0.05) is 0 Å². The molecule has 3 rings (SSSR count). The summed E-state index contributed by atoms with van der Waals surface area (Å²) in [6.07, 6.45) is 1.51. The Morgan fingerprint density at radius 3 is 2.52 bits per heavy atom. The number of rotatable bonds is 4. The molecule has 1 saturated heterocycles.